The number of hydrogen-bond acceptors (Lipinski definition) is 6. The molecule has 0 rings (SSSR count). The SMILES string of the molecule is CC/C=C\C/C=C\C/C=C\C/C=C\C/C=C\C/C=C\CCC(=O)OCC(COC(=O)CC/C=C\C/C=C\C/C=C\C/C=C\CC)OC(=O)CC/C=C\C/C=C\C/C=C\C/C=C\C/C=C\C/C=C\CC. The summed E-state index contributed by atoms with van der Waals surface area (Å²) in [6.45, 7) is 6.05. The third kappa shape index (κ3) is 53.1. The quantitative estimate of drug-likeness (QED) is 0.0344. The van der Waals surface area contributed by atoms with Crippen molar-refractivity contribution in [3.63, 3.8) is 0 Å². The molecule has 0 bridgehead atoms. The van der Waals surface area contributed by atoms with Crippen LogP contribution in [0.1, 0.15) is 162 Å². The molecular weight excluding hydrogens is 853 g/mol. The summed E-state index contributed by atoms with van der Waals surface area (Å²) in [4.78, 5) is 37.9. The molecule has 0 aromatic heterocycles. The molecule has 0 N–H and O–H groups in total. The highest BCUT2D eigenvalue weighted by molar-refractivity contribution is 5.71. The first-order valence-corrected chi connectivity index (χ1v) is 25.9. The molecule has 1 atom stereocenters. The van der Waals surface area contributed by atoms with Gasteiger partial charge in [0.15, 0.2) is 6.10 Å². The molecule has 0 aliphatic rings. The first-order valence-electron chi connectivity index (χ1n) is 25.9. The van der Waals surface area contributed by atoms with Crippen molar-refractivity contribution < 1.29 is 28.6 Å². The highest BCUT2D eigenvalue weighted by atomic mass is 16.6. The summed E-state index contributed by atoms with van der Waals surface area (Å²) in [5.41, 5.74) is 0. The lowest BCUT2D eigenvalue weighted by Gasteiger charge is -2.18. The maximum Gasteiger partial charge on any atom is 0.306 e. The van der Waals surface area contributed by atoms with Gasteiger partial charge in [-0.25, -0.2) is 0 Å². The van der Waals surface area contributed by atoms with E-state index in [9.17, 15) is 14.4 Å². The van der Waals surface area contributed by atoms with Gasteiger partial charge >= 0.3 is 17.9 Å². The lowest BCUT2D eigenvalue weighted by atomic mass is 10.2. The highest BCUT2D eigenvalue weighted by Gasteiger charge is 2.19. The second-order valence-electron chi connectivity index (χ2n) is 15.9. The summed E-state index contributed by atoms with van der Waals surface area (Å²) in [6.07, 6.45) is 84.5. The van der Waals surface area contributed by atoms with Gasteiger partial charge in [0, 0.05) is 19.3 Å². The molecule has 378 valence electrons. The molecule has 6 nitrogen and oxygen atoms in total. The van der Waals surface area contributed by atoms with Gasteiger partial charge in [0.2, 0.25) is 0 Å². The molecule has 0 radical (unpaired) electrons. The molecule has 6 heteroatoms. The summed E-state index contributed by atoms with van der Waals surface area (Å²) >= 11 is 0. The molecule has 0 aliphatic heterocycles. The van der Waals surface area contributed by atoms with E-state index in [2.05, 4.69) is 179 Å². The van der Waals surface area contributed by atoms with Gasteiger partial charge in [0.25, 0.3) is 0 Å². The van der Waals surface area contributed by atoms with Gasteiger partial charge in [-0.1, -0.05) is 215 Å². The Morgan fingerprint density at radius 1 is 0.275 bits per heavy atom. The van der Waals surface area contributed by atoms with Crippen molar-refractivity contribution in [3.05, 3.63) is 194 Å². The van der Waals surface area contributed by atoms with Gasteiger partial charge in [-0.3, -0.25) is 14.4 Å². The second kappa shape index (κ2) is 54.9. The smallest absolute Gasteiger partial charge is 0.306 e. The average molecular weight is 943 g/mol. The van der Waals surface area contributed by atoms with Gasteiger partial charge in [-0.15, -0.1) is 0 Å². The number of allylic oxidation sites excluding steroid dienone is 32. The molecule has 0 heterocycles. The molecule has 0 saturated heterocycles. The molecule has 0 aliphatic carbocycles. The maximum absolute atomic E-state index is 12.8. The predicted octanol–water partition coefficient (Wildman–Crippen LogP) is 17.5. The van der Waals surface area contributed by atoms with Gasteiger partial charge in [0.1, 0.15) is 13.2 Å². The van der Waals surface area contributed by atoms with Gasteiger partial charge in [-0.05, 0) is 122 Å². The van der Waals surface area contributed by atoms with E-state index in [1.165, 1.54) is 0 Å². The van der Waals surface area contributed by atoms with E-state index in [4.69, 9.17) is 14.2 Å². The zero-order chi connectivity index (χ0) is 50.0. The third-order valence-corrected chi connectivity index (χ3v) is 9.62. The Kier molecular flexibility index (Phi) is 50.3. The van der Waals surface area contributed by atoms with Crippen molar-refractivity contribution in [1.29, 1.82) is 0 Å². The van der Waals surface area contributed by atoms with Crippen molar-refractivity contribution in [2.75, 3.05) is 13.2 Å². The Bertz CT molecular complexity index is 1750. The molecule has 1 unspecified atom stereocenters. The van der Waals surface area contributed by atoms with Crippen molar-refractivity contribution >= 4 is 17.9 Å². The molecule has 0 fully saturated rings. The van der Waals surface area contributed by atoms with Crippen LogP contribution in [0.3, 0.4) is 0 Å². The van der Waals surface area contributed by atoms with Crippen molar-refractivity contribution in [2.45, 2.75) is 168 Å². The summed E-state index contributed by atoms with van der Waals surface area (Å²) < 4.78 is 16.6. The topological polar surface area (TPSA) is 78.9 Å². The number of esters is 3. The van der Waals surface area contributed by atoms with Crippen LogP contribution >= 0.6 is 0 Å². The van der Waals surface area contributed by atoms with Crippen LogP contribution in [0.5, 0.6) is 0 Å². The second-order valence-corrected chi connectivity index (χ2v) is 15.9. The minimum atomic E-state index is -0.890. The van der Waals surface area contributed by atoms with Crippen LogP contribution in [0.15, 0.2) is 194 Å². The Morgan fingerprint density at radius 2 is 0.464 bits per heavy atom. The van der Waals surface area contributed by atoms with Crippen molar-refractivity contribution in [3.8, 4) is 0 Å². The van der Waals surface area contributed by atoms with Crippen molar-refractivity contribution in [1.82, 2.24) is 0 Å². The number of hydrogen-bond donors (Lipinski definition) is 0. The van der Waals surface area contributed by atoms with Crippen molar-refractivity contribution in [2.24, 2.45) is 0 Å². The zero-order valence-electron chi connectivity index (χ0n) is 43.0. The third-order valence-electron chi connectivity index (χ3n) is 9.62. The van der Waals surface area contributed by atoms with Crippen LogP contribution in [-0.2, 0) is 28.6 Å². The predicted molar refractivity (Wildman–Crippen MR) is 297 cm³/mol. The minimum Gasteiger partial charge on any atom is -0.462 e. The first kappa shape index (κ1) is 63.2. The van der Waals surface area contributed by atoms with Gasteiger partial charge in [0.05, 0.1) is 0 Å². The van der Waals surface area contributed by atoms with Gasteiger partial charge in [-0.2, -0.15) is 0 Å². The fourth-order valence-corrected chi connectivity index (χ4v) is 5.86. The Hall–Kier alpha value is -5.75. The van der Waals surface area contributed by atoms with E-state index in [0.717, 1.165) is 103 Å². The van der Waals surface area contributed by atoms with Crippen LogP contribution in [0.2, 0.25) is 0 Å². The first-order chi connectivity index (χ1) is 34.0. The minimum absolute atomic E-state index is 0.162. The molecule has 0 aromatic carbocycles. The molecular formula is C63H90O6. The lowest BCUT2D eigenvalue weighted by molar-refractivity contribution is -0.166. The number of carbonyl (C=O) groups is 3. The fourth-order valence-electron chi connectivity index (χ4n) is 5.86. The number of carbonyl (C=O) groups excluding carboxylic acids is 3. The standard InChI is InChI=1S/C63H90O6/c1-4-7-10-13-16-19-22-25-27-29-31-33-35-38-41-44-47-50-53-56-62(65)68-59-60(58-67-61(64)55-52-49-46-43-40-37-24-21-18-15-12-9-6-3)69-63(66)57-54-51-48-45-42-39-36-34-32-30-28-26-23-20-17-14-11-8-5-2/h7-12,16-21,25-28,31-34,37-42,46-51,60H,4-6,13-15,22-24,29-30,35-36,43-45,52-59H2,1-3H3/b10-7-,11-8-,12-9-,19-16-,20-17-,21-18-,27-25-,28-26-,33-31-,34-32-,40-37-,41-38-,42-39-,49-46-,50-47-,51-48-. The van der Waals surface area contributed by atoms with Crippen LogP contribution in [0.25, 0.3) is 0 Å². The molecule has 0 saturated carbocycles. The van der Waals surface area contributed by atoms with Crippen LogP contribution in [-0.4, -0.2) is 37.2 Å². The fraction of sp³-hybridized carbons (Fsp3) is 0.444. The summed E-state index contributed by atoms with van der Waals surface area (Å²) in [5.74, 6) is -1.25. The van der Waals surface area contributed by atoms with Gasteiger partial charge < -0.3 is 14.2 Å². The number of ether oxygens (including phenoxy) is 3. The summed E-state index contributed by atoms with van der Waals surface area (Å²) in [7, 11) is 0. The monoisotopic (exact) mass is 943 g/mol. The molecule has 69 heavy (non-hydrogen) atoms. The van der Waals surface area contributed by atoms with Crippen LogP contribution in [0, 0.1) is 0 Å². The molecule has 0 aromatic rings. The number of rotatable bonds is 43. The van der Waals surface area contributed by atoms with E-state index in [1.54, 1.807) is 0 Å². The summed E-state index contributed by atoms with van der Waals surface area (Å²) in [5, 5.41) is 0. The van der Waals surface area contributed by atoms with E-state index in [-0.39, 0.29) is 32.5 Å². The zero-order valence-corrected chi connectivity index (χ0v) is 43.0. The highest BCUT2D eigenvalue weighted by Crippen LogP contribution is 2.07. The molecule has 0 amide bonds. The molecule has 0 spiro atoms. The maximum atomic E-state index is 12.8. The van der Waals surface area contributed by atoms with Crippen LogP contribution < -0.4 is 0 Å². The van der Waals surface area contributed by atoms with E-state index >= 15 is 0 Å². The van der Waals surface area contributed by atoms with E-state index in [0.29, 0.717) is 19.3 Å². The average Bonchev–Trinajstić information content (AvgIpc) is 3.35. The Morgan fingerprint density at radius 3 is 0.681 bits per heavy atom. The van der Waals surface area contributed by atoms with Crippen LogP contribution in [0.4, 0.5) is 0 Å². The largest absolute Gasteiger partial charge is 0.462 e. The van der Waals surface area contributed by atoms with E-state index < -0.39 is 24.0 Å². The Balaban J connectivity index is 4.74. The lowest BCUT2D eigenvalue weighted by Crippen LogP contribution is -2.30. The van der Waals surface area contributed by atoms with E-state index in [1.807, 2.05) is 36.5 Å². The Labute approximate surface area is 420 Å². The summed E-state index contributed by atoms with van der Waals surface area (Å²) in [6, 6.07) is 0. The normalized spacial score (nSPS) is 13.7.